The minimum atomic E-state index is -0.00796. The van der Waals surface area contributed by atoms with Crippen LogP contribution >= 0.6 is 0 Å². The molecule has 2 unspecified atom stereocenters. The number of aryl methyl sites for hydroxylation is 1. The lowest BCUT2D eigenvalue weighted by atomic mass is 10.1. The molecule has 2 atom stereocenters. The minimum absolute atomic E-state index is 0.00796. The molecule has 0 aromatic heterocycles. The molecule has 1 aromatic carbocycles. The van der Waals surface area contributed by atoms with Crippen LogP contribution in [0.15, 0.2) is 24.3 Å². The van der Waals surface area contributed by atoms with E-state index < -0.39 is 0 Å². The molecule has 0 bridgehead atoms. The second-order valence-electron chi connectivity index (χ2n) is 7.36. The van der Waals surface area contributed by atoms with Crippen LogP contribution in [0.5, 0.6) is 0 Å². The van der Waals surface area contributed by atoms with Crippen LogP contribution < -0.4 is 5.32 Å². The van der Waals surface area contributed by atoms with Gasteiger partial charge in [0.2, 0.25) is 0 Å². The number of piperazine rings is 1. The Morgan fingerprint density at radius 2 is 2.12 bits per heavy atom. The van der Waals surface area contributed by atoms with E-state index in [1.54, 1.807) is 0 Å². The zero-order valence-corrected chi connectivity index (χ0v) is 15.6. The van der Waals surface area contributed by atoms with Crippen LogP contribution in [0.3, 0.4) is 0 Å². The molecule has 1 N–H and O–H groups in total. The molecule has 2 aliphatic rings. The van der Waals surface area contributed by atoms with Crippen LogP contribution in [0.25, 0.3) is 0 Å². The number of rotatable bonds is 3. The SMILES string of the molecule is Cc1cccc(NC(=O)N2CCN(CC3CN(C)CCO3)CC2C)c1. The van der Waals surface area contributed by atoms with E-state index in [1.807, 2.05) is 36.1 Å². The summed E-state index contributed by atoms with van der Waals surface area (Å²) in [5.41, 5.74) is 2.01. The van der Waals surface area contributed by atoms with Gasteiger partial charge in [-0.1, -0.05) is 12.1 Å². The third-order valence-corrected chi connectivity index (χ3v) is 5.05. The van der Waals surface area contributed by atoms with Gasteiger partial charge in [-0.3, -0.25) is 4.90 Å². The highest BCUT2D eigenvalue weighted by Gasteiger charge is 2.29. The van der Waals surface area contributed by atoms with E-state index >= 15 is 0 Å². The van der Waals surface area contributed by atoms with E-state index in [4.69, 9.17) is 4.74 Å². The highest BCUT2D eigenvalue weighted by molar-refractivity contribution is 5.89. The molecule has 0 radical (unpaired) electrons. The summed E-state index contributed by atoms with van der Waals surface area (Å²) in [4.78, 5) is 19.3. The van der Waals surface area contributed by atoms with E-state index in [0.29, 0.717) is 0 Å². The molecule has 0 spiro atoms. The molecule has 6 nitrogen and oxygen atoms in total. The van der Waals surface area contributed by atoms with Crippen molar-refractivity contribution in [1.82, 2.24) is 14.7 Å². The number of benzene rings is 1. The van der Waals surface area contributed by atoms with Gasteiger partial charge in [0.1, 0.15) is 0 Å². The Morgan fingerprint density at radius 3 is 2.84 bits per heavy atom. The molecule has 2 aliphatic heterocycles. The summed E-state index contributed by atoms with van der Waals surface area (Å²) in [6, 6.07) is 8.11. The molecule has 3 rings (SSSR count). The third-order valence-electron chi connectivity index (χ3n) is 5.05. The lowest BCUT2D eigenvalue weighted by Crippen LogP contribution is -2.57. The third kappa shape index (κ3) is 4.93. The fraction of sp³-hybridized carbons (Fsp3) is 0.632. The maximum atomic E-state index is 12.6. The normalized spacial score (nSPS) is 25.8. The molecule has 2 heterocycles. The largest absolute Gasteiger partial charge is 0.374 e. The average molecular weight is 346 g/mol. The average Bonchev–Trinajstić information content (AvgIpc) is 2.55. The van der Waals surface area contributed by atoms with Gasteiger partial charge in [0, 0.05) is 51.0 Å². The lowest BCUT2D eigenvalue weighted by molar-refractivity contribution is -0.0425. The number of ether oxygens (including phenoxy) is 1. The maximum Gasteiger partial charge on any atom is 0.322 e. The van der Waals surface area contributed by atoms with Crippen molar-refractivity contribution in [3.8, 4) is 0 Å². The molecule has 138 valence electrons. The Kier molecular flexibility index (Phi) is 5.93. The first-order valence-corrected chi connectivity index (χ1v) is 9.18. The predicted molar refractivity (Wildman–Crippen MR) is 100 cm³/mol. The van der Waals surface area contributed by atoms with Crippen LogP contribution in [-0.2, 0) is 4.74 Å². The Labute approximate surface area is 150 Å². The highest BCUT2D eigenvalue weighted by atomic mass is 16.5. The summed E-state index contributed by atoms with van der Waals surface area (Å²) in [7, 11) is 2.14. The maximum absolute atomic E-state index is 12.6. The summed E-state index contributed by atoms with van der Waals surface area (Å²) in [5, 5.41) is 3.02. The Balaban J connectivity index is 1.50. The molecule has 2 saturated heterocycles. The van der Waals surface area contributed by atoms with Crippen LogP contribution in [0.2, 0.25) is 0 Å². The number of hydrogen-bond donors (Lipinski definition) is 1. The summed E-state index contributed by atoms with van der Waals surface area (Å²) < 4.78 is 5.87. The summed E-state index contributed by atoms with van der Waals surface area (Å²) in [5.74, 6) is 0. The molecular weight excluding hydrogens is 316 g/mol. The second kappa shape index (κ2) is 8.17. The summed E-state index contributed by atoms with van der Waals surface area (Å²) in [6.45, 7) is 10.5. The molecule has 2 fully saturated rings. The van der Waals surface area contributed by atoms with Gasteiger partial charge in [0.25, 0.3) is 0 Å². The number of morpholine rings is 1. The first kappa shape index (κ1) is 18.2. The monoisotopic (exact) mass is 346 g/mol. The zero-order chi connectivity index (χ0) is 17.8. The first-order chi connectivity index (χ1) is 12.0. The number of anilines is 1. The number of urea groups is 1. The van der Waals surface area contributed by atoms with Gasteiger partial charge >= 0.3 is 6.03 Å². The number of amides is 2. The van der Waals surface area contributed by atoms with E-state index in [0.717, 1.165) is 57.1 Å². The van der Waals surface area contributed by atoms with Gasteiger partial charge in [-0.25, -0.2) is 4.79 Å². The van der Waals surface area contributed by atoms with Crippen LogP contribution in [0.1, 0.15) is 12.5 Å². The van der Waals surface area contributed by atoms with Crippen molar-refractivity contribution in [2.45, 2.75) is 26.0 Å². The molecule has 25 heavy (non-hydrogen) atoms. The van der Waals surface area contributed by atoms with Gasteiger partial charge in [-0.15, -0.1) is 0 Å². The fourth-order valence-electron chi connectivity index (χ4n) is 3.68. The van der Waals surface area contributed by atoms with Gasteiger partial charge in [0.15, 0.2) is 0 Å². The topological polar surface area (TPSA) is 48.1 Å². The number of nitrogens with zero attached hydrogens (tertiary/aromatic N) is 3. The van der Waals surface area contributed by atoms with Gasteiger partial charge in [0.05, 0.1) is 12.7 Å². The molecule has 1 aromatic rings. The molecule has 2 amide bonds. The van der Waals surface area contributed by atoms with Crippen molar-refractivity contribution < 1.29 is 9.53 Å². The summed E-state index contributed by atoms with van der Waals surface area (Å²) >= 11 is 0. The lowest BCUT2D eigenvalue weighted by Gasteiger charge is -2.42. The van der Waals surface area contributed by atoms with Gasteiger partial charge in [-0.2, -0.15) is 0 Å². The van der Waals surface area contributed by atoms with Crippen molar-refractivity contribution in [1.29, 1.82) is 0 Å². The molecule has 0 aliphatic carbocycles. The number of likely N-dealkylation sites (N-methyl/N-ethyl adjacent to an activating group) is 1. The smallest absolute Gasteiger partial charge is 0.322 e. The van der Waals surface area contributed by atoms with E-state index in [9.17, 15) is 4.79 Å². The zero-order valence-electron chi connectivity index (χ0n) is 15.6. The van der Waals surface area contributed by atoms with Crippen molar-refractivity contribution in [2.24, 2.45) is 0 Å². The van der Waals surface area contributed by atoms with Crippen LogP contribution in [0.4, 0.5) is 10.5 Å². The number of nitrogens with one attached hydrogen (secondary N) is 1. The Morgan fingerprint density at radius 1 is 1.28 bits per heavy atom. The Bertz CT molecular complexity index is 595. The fourth-order valence-corrected chi connectivity index (χ4v) is 3.68. The molecule has 6 heteroatoms. The summed E-state index contributed by atoms with van der Waals surface area (Å²) in [6.07, 6.45) is 0.277. The van der Waals surface area contributed by atoms with Gasteiger partial charge < -0.3 is 19.9 Å². The number of hydrogen-bond acceptors (Lipinski definition) is 4. The number of carbonyl (C=O) groups is 1. The second-order valence-corrected chi connectivity index (χ2v) is 7.36. The predicted octanol–water partition coefficient (Wildman–Crippen LogP) is 1.86. The van der Waals surface area contributed by atoms with E-state index in [-0.39, 0.29) is 18.2 Å². The van der Waals surface area contributed by atoms with Crippen molar-refractivity contribution in [3.05, 3.63) is 29.8 Å². The quantitative estimate of drug-likeness (QED) is 0.908. The van der Waals surface area contributed by atoms with Crippen LogP contribution in [-0.4, -0.2) is 85.8 Å². The van der Waals surface area contributed by atoms with E-state index in [2.05, 4.69) is 29.1 Å². The van der Waals surface area contributed by atoms with Crippen molar-refractivity contribution in [3.63, 3.8) is 0 Å². The van der Waals surface area contributed by atoms with Crippen molar-refractivity contribution >= 4 is 11.7 Å². The minimum Gasteiger partial charge on any atom is -0.374 e. The standard InChI is InChI=1S/C19H30N4O2/c1-15-5-4-6-17(11-15)20-19(24)23-8-7-22(12-16(23)2)14-18-13-21(3)9-10-25-18/h4-6,11,16,18H,7-10,12-14H2,1-3H3,(H,20,24). The molecular formula is C19H30N4O2. The molecule has 0 saturated carbocycles. The highest BCUT2D eigenvalue weighted by Crippen LogP contribution is 2.15. The van der Waals surface area contributed by atoms with Gasteiger partial charge in [-0.05, 0) is 38.6 Å². The Hall–Kier alpha value is -1.63. The van der Waals surface area contributed by atoms with Crippen LogP contribution in [0, 0.1) is 6.92 Å². The first-order valence-electron chi connectivity index (χ1n) is 9.18. The van der Waals surface area contributed by atoms with E-state index in [1.165, 1.54) is 0 Å². The van der Waals surface area contributed by atoms with Crippen molar-refractivity contribution in [2.75, 3.05) is 58.2 Å². The number of carbonyl (C=O) groups excluding carboxylic acids is 1.